The summed E-state index contributed by atoms with van der Waals surface area (Å²) in [6, 6.07) is 3.14. The molecule has 0 unspecified atom stereocenters. The normalized spacial score (nSPS) is 10.0. The zero-order chi connectivity index (χ0) is 10.0. The SMILES string of the molecule is CSc1cc(N)c(C)cc1[N+](=O)[O-]. The number of nitro benzene ring substituents is 1. The third-order valence-electron chi connectivity index (χ3n) is 1.76. The first-order valence-corrected chi connectivity index (χ1v) is 4.87. The number of nitrogens with zero attached hydrogens (tertiary/aromatic N) is 1. The van der Waals surface area contributed by atoms with Crippen LogP contribution in [0.4, 0.5) is 11.4 Å². The molecule has 4 nitrogen and oxygen atoms in total. The van der Waals surface area contributed by atoms with Crippen LogP contribution < -0.4 is 5.73 Å². The largest absolute Gasteiger partial charge is 0.398 e. The molecule has 0 aliphatic heterocycles. The molecule has 2 N–H and O–H groups in total. The van der Waals surface area contributed by atoms with E-state index in [1.165, 1.54) is 17.8 Å². The summed E-state index contributed by atoms with van der Waals surface area (Å²) in [5, 5.41) is 10.6. The van der Waals surface area contributed by atoms with Crippen molar-refractivity contribution in [3.05, 3.63) is 27.8 Å². The van der Waals surface area contributed by atoms with Crippen LogP contribution in [-0.4, -0.2) is 11.2 Å². The van der Waals surface area contributed by atoms with Gasteiger partial charge in [-0.3, -0.25) is 10.1 Å². The summed E-state index contributed by atoms with van der Waals surface area (Å²) in [5.74, 6) is 0. The molecule has 1 aromatic rings. The summed E-state index contributed by atoms with van der Waals surface area (Å²) in [5.41, 5.74) is 7.09. The maximum Gasteiger partial charge on any atom is 0.283 e. The van der Waals surface area contributed by atoms with Crippen molar-refractivity contribution in [2.45, 2.75) is 11.8 Å². The van der Waals surface area contributed by atoms with Crippen LogP contribution in [0.1, 0.15) is 5.56 Å². The van der Waals surface area contributed by atoms with Crippen molar-refractivity contribution in [2.24, 2.45) is 0 Å². The number of anilines is 1. The van der Waals surface area contributed by atoms with Crippen LogP contribution in [0.5, 0.6) is 0 Å². The summed E-state index contributed by atoms with van der Waals surface area (Å²) in [6.45, 7) is 1.76. The minimum atomic E-state index is -0.391. The van der Waals surface area contributed by atoms with E-state index >= 15 is 0 Å². The summed E-state index contributed by atoms with van der Waals surface area (Å²) in [6.07, 6.45) is 1.79. The first kappa shape index (κ1) is 9.85. The lowest BCUT2D eigenvalue weighted by atomic mass is 10.2. The van der Waals surface area contributed by atoms with E-state index in [0.717, 1.165) is 5.56 Å². The molecule has 70 valence electrons. The van der Waals surface area contributed by atoms with Gasteiger partial charge in [0.1, 0.15) is 0 Å². The molecule has 0 fully saturated rings. The quantitative estimate of drug-likeness (QED) is 0.342. The van der Waals surface area contributed by atoms with Crippen molar-refractivity contribution < 1.29 is 4.92 Å². The van der Waals surface area contributed by atoms with Gasteiger partial charge in [-0.2, -0.15) is 0 Å². The Balaban J connectivity index is 3.33. The standard InChI is InChI=1S/C8H10N2O2S/c1-5-3-7(10(11)12)8(13-2)4-6(5)9/h3-4H,9H2,1-2H3. The van der Waals surface area contributed by atoms with Gasteiger partial charge in [-0.1, -0.05) is 0 Å². The van der Waals surface area contributed by atoms with Crippen LogP contribution >= 0.6 is 11.8 Å². The highest BCUT2D eigenvalue weighted by Gasteiger charge is 2.14. The Labute approximate surface area is 80.3 Å². The van der Waals surface area contributed by atoms with Crippen molar-refractivity contribution >= 4 is 23.1 Å². The summed E-state index contributed by atoms with van der Waals surface area (Å²) in [7, 11) is 0. The Bertz CT molecular complexity index is 352. The topological polar surface area (TPSA) is 69.2 Å². The molecule has 0 amide bonds. The molecule has 0 saturated carbocycles. The van der Waals surface area contributed by atoms with Crippen LogP contribution in [0, 0.1) is 17.0 Å². The van der Waals surface area contributed by atoms with Gasteiger partial charge in [0.2, 0.25) is 0 Å². The van der Waals surface area contributed by atoms with Gasteiger partial charge in [0, 0.05) is 11.8 Å². The Morgan fingerprint density at radius 2 is 2.15 bits per heavy atom. The molecule has 0 bridgehead atoms. The first-order valence-electron chi connectivity index (χ1n) is 3.64. The number of thioether (sulfide) groups is 1. The van der Waals surface area contributed by atoms with E-state index in [1.807, 2.05) is 0 Å². The Morgan fingerprint density at radius 3 is 2.62 bits per heavy atom. The lowest BCUT2D eigenvalue weighted by Gasteiger charge is -2.03. The van der Waals surface area contributed by atoms with Gasteiger partial charge in [-0.15, -0.1) is 11.8 Å². The Hall–Kier alpha value is -1.23. The van der Waals surface area contributed by atoms with Crippen molar-refractivity contribution in [2.75, 3.05) is 12.0 Å². The van der Waals surface area contributed by atoms with Crippen LogP contribution in [0.25, 0.3) is 0 Å². The van der Waals surface area contributed by atoms with Gasteiger partial charge >= 0.3 is 0 Å². The van der Waals surface area contributed by atoms with Gasteiger partial charge in [-0.05, 0) is 24.8 Å². The van der Waals surface area contributed by atoms with E-state index in [4.69, 9.17) is 5.73 Å². The van der Waals surface area contributed by atoms with Crippen LogP contribution in [0.3, 0.4) is 0 Å². The molecule has 0 atom stereocenters. The van der Waals surface area contributed by atoms with Gasteiger partial charge < -0.3 is 5.73 Å². The van der Waals surface area contributed by atoms with E-state index in [0.29, 0.717) is 10.6 Å². The number of nitrogen functional groups attached to an aromatic ring is 1. The lowest BCUT2D eigenvalue weighted by Crippen LogP contribution is -1.95. The molecule has 1 rings (SSSR count). The van der Waals surface area contributed by atoms with Crippen molar-refractivity contribution in [1.82, 2.24) is 0 Å². The minimum absolute atomic E-state index is 0.124. The van der Waals surface area contributed by atoms with E-state index in [1.54, 1.807) is 19.2 Å². The third-order valence-corrected chi connectivity index (χ3v) is 2.53. The third kappa shape index (κ3) is 1.92. The van der Waals surface area contributed by atoms with E-state index in [9.17, 15) is 10.1 Å². The highest BCUT2D eigenvalue weighted by atomic mass is 32.2. The number of nitro groups is 1. The van der Waals surface area contributed by atoms with Crippen LogP contribution in [-0.2, 0) is 0 Å². The second kappa shape index (κ2) is 3.66. The predicted molar refractivity (Wildman–Crippen MR) is 54.0 cm³/mol. The van der Waals surface area contributed by atoms with Crippen molar-refractivity contribution in [3.63, 3.8) is 0 Å². The van der Waals surface area contributed by atoms with Gasteiger partial charge in [0.05, 0.1) is 9.82 Å². The predicted octanol–water partition coefficient (Wildman–Crippen LogP) is 2.21. The number of rotatable bonds is 2. The highest BCUT2D eigenvalue weighted by Crippen LogP contribution is 2.31. The minimum Gasteiger partial charge on any atom is -0.398 e. The monoisotopic (exact) mass is 198 g/mol. The van der Waals surface area contributed by atoms with Crippen LogP contribution in [0.15, 0.2) is 17.0 Å². The van der Waals surface area contributed by atoms with Gasteiger partial charge in [-0.25, -0.2) is 0 Å². The molecule has 5 heteroatoms. The molecule has 0 aliphatic rings. The smallest absolute Gasteiger partial charge is 0.283 e. The maximum absolute atomic E-state index is 10.6. The Morgan fingerprint density at radius 1 is 1.54 bits per heavy atom. The molecule has 0 heterocycles. The highest BCUT2D eigenvalue weighted by molar-refractivity contribution is 7.98. The van der Waals surface area contributed by atoms with E-state index in [2.05, 4.69) is 0 Å². The number of hydrogen-bond acceptors (Lipinski definition) is 4. The molecule has 13 heavy (non-hydrogen) atoms. The number of nitrogens with two attached hydrogens (primary N) is 1. The van der Waals surface area contributed by atoms with Gasteiger partial charge in [0.25, 0.3) is 5.69 Å². The van der Waals surface area contributed by atoms with Crippen LogP contribution in [0.2, 0.25) is 0 Å². The van der Waals surface area contributed by atoms with Crippen molar-refractivity contribution in [1.29, 1.82) is 0 Å². The summed E-state index contributed by atoms with van der Waals surface area (Å²) >= 11 is 1.32. The number of aryl methyl sites for hydroxylation is 1. The fraction of sp³-hybridized carbons (Fsp3) is 0.250. The van der Waals surface area contributed by atoms with Gasteiger partial charge in [0.15, 0.2) is 0 Å². The molecule has 0 spiro atoms. The molecule has 0 saturated heterocycles. The zero-order valence-electron chi connectivity index (χ0n) is 7.40. The summed E-state index contributed by atoms with van der Waals surface area (Å²) in [4.78, 5) is 10.8. The first-order chi connectivity index (χ1) is 6.06. The fourth-order valence-electron chi connectivity index (χ4n) is 0.995. The molecule has 0 radical (unpaired) electrons. The van der Waals surface area contributed by atoms with Crippen molar-refractivity contribution in [3.8, 4) is 0 Å². The average molecular weight is 198 g/mol. The van der Waals surface area contributed by atoms with E-state index < -0.39 is 4.92 Å². The number of benzene rings is 1. The summed E-state index contributed by atoms with van der Waals surface area (Å²) < 4.78 is 0. The second-order valence-corrected chi connectivity index (χ2v) is 3.49. The average Bonchev–Trinajstić information content (AvgIpc) is 2.08. The molecule has 0 aromatic heterocycles. The number of hydrogen-bond donors (Lipinski definition) is 1. The lowest BCUT2D eigenvalue weighted by molar-refractivity contribution is -0.387. The molecular formula is C8H10N2O2S. The molecular weight excluding hydrogens is 188 g/mol. The molecule has 1 aromatic carbocycles. The zero-order valence-corrected chi connectivity index (χ0v) is 8.22. The second-order valence-electron chi connectivity index (χ2n) is 2.64. The fourth-order valence-corrected chi connectivity index (χ4v) is 1.58. The molecule has 0 aliphatic carbocycles. The Kier molecular flexibility index (Phi) is 2.77. The maximum atomic E-state index is 10.6. The van der Waals surface area contributed by atoms with E-state index in [-0.39, 0.29) is 5.69 Å².